The second-order valence-corrected chi connectivity index (χ2v) is 10.8. The van der Waals surface area contributed by atoms with Gasteiger partial charge in [0, 0.05) is 23.9 Å². The number of nitrogens with two attached hydrogens (primary N) is 1. The molecule has 12 heteroatoms. The molecule has 10 nitrogen and oxygen atoms in total. The first-order valence-electron chi connectivity index (χ1n) is 10.8. The highest BCUT2D eigenvalue weighted by molar-refractivity contribution is 7.85. The molecule has 0 bridgehead atoms. The van der Waals surface area contributed by atoms with Crippen LogP contribution in [0.3, 0.4) is 0 Å². The third-order valence-electron chi connectivity index (χ3n) is 5.93. The molecule has 0 radical (unpaired) electrons. The van der Waals surface area contributed by atoms with E-state index >= 15 is 0 Å². The van der Waals surface area contributed by atoms with Crippen molar-refractivity contribution in [1.82, 2.24) is 14.7 Å². The van der Waals surface area contributed by atoms with Gasteiger partial charge in [0.1, 0.15) is 5.75 Å². The van der Waals surface area contributed by atoms with E-state index in [1.165, 1.54) is 16.0 Å². The molecule has 1 aromatic carbocycles. The van der Waals surface area contributed by atoms with Gasteiger partial charge in [-0.3, -0.25) is 13.8 Å². The van der Waals surface area contributed by atoms with Crippen molar-refractivity contribution < 1.29 is 22.1 Å². The van der Waals surface area contributed by atoms with Crippen LogP contribution >= 0.6 is 11.3 Å². The van der Waals surface area contributed by atoms with E-state index in [-0.39, 0.29) is 35.1 Å². The van der Waals surface area contributed by atoms with E-state index in [1.807, 2.05) is 0 Å². The zero-order chi connectivity index (χ0) is 24.5. The van der Waals surface area contributed by atoms with E-state index in [4.69, 9.17) is 14.7 Å². The molecule has 1 amide bonds. The molecular formula is C22H26N4O6S2. The van der Waals surface area contributed by atoms with Crippen LogP contribution < -0.4 is 16.0 Å². The number of ether oxygens (including phenoxy) is 1. The minimum absolute atomic E-state index is 0.140. The lowest BCUT2D eigenvalue weighted by molar-refractivity contribution is 0.0675. The van der Waals surface area contributed by atoms with Crippen LogP contribution in [0.4, 0.5) is 5.00 Å². The number of hydrogen-bond acceptors (Lipinski definition) is 9. The standard InChI is InChI=1S/C22H26N4O6S2/c1-31-16-5-3-15(4-6-16)26-21(27)18-17(13-33-20(18)23)19(24-26)22(28)25-10-7-14(8-11-25)9-12-32-34(2,29)30/h3-6,13-14H,7-12,23H2,1-2H3. The summed E-state index contributed by atoms with van der Waals surface area (Å²) in [5.41, 5.74) is 6.38. The quantitative estimate of drug-likeness (QED) is 0.482. The van der Waals surface area contributed by atoms with Crippen LogP contribution in [-0.4, -0.2) is 62.1 Å². The number of likely N-dealkylation sites (tertiary alicyclic amines) is 1. The molecule has 0 unspecified atom stereocenters. The van der Waals surface area contributed by atoms with Crippen LogP contribution in [0, 0.1) is 5.92 Å². The third kappa shape index (κ3) is 5.08. The summed E-state index contributed by atoms with van der Waals surface area (Å²) in [5.74, 6) is 0.633. The van der Waals surface area contributed by atoms with Gasteiger partial charge in [-0.1, -0.05) is 0 Å². The summed E-state index contributed by atoms with van der Waals surface area (Å²) >= 11 is 1.20. The number of hydrogen-bond donors (Lipinski definition) is 1. The Morgan fingerprint density at radius 3 is 2.53 bits per heavy atom. The average molecular weight is 507 g/mol. The summed E-state index contributed by atoms with van der Waals surface area (Å²) in [6, 6.07) is 6.81. The number of rotatable bonds is 7. The first-order valence-corrected chi connectivity index (χ1v) is 13.5. The third-order valence-corrected chi connectivity index (χ3v) is 7.33. The molecule has 182 valence electrons. The summed E-state index contributed by atoms with van der Waals surface area (Å²) in [4.78, 5) is 28.3. The molecule has 2 aromatic heterocycles. The topological polar surface area (TPSA) is 134 Å². The Morgan fingerprint density at radius 2 is 1.91 bits per heavy atom. The van der Waals surface area contributed by atoms with E-state index in [0.29, 0.717) is 41.3 Å². The number of nitrogen functional groups attached to an aromatic ring is 1. The number of piperidine rings is 1. The van der Waals surface area contributed by atoms with Gasteiger partial charge in [0.2, 0.25) is 0 Å². The maximum absolute atomic E-state index is 13.5. The smallest absolute Gasteiger partial charge is 0.282 e. The number of thiophene rings is 1. The Morgan fingerprint density at radius 1 is 1.24 bits per heavy atom. The van der Waals surface area contributed by atoms with Gasteiger partial charge in [-0.2, -0.15) is 18.2 Å². The molecule has 4 rings (SSSR count). The van der Waals surface area contributed by atoms with Gasteiger partial charge in [-0.25, -0.2) is 0 Å². The van der Waals surface area contributed by atoms with Gasteiger partial charge in [0.05, 0.1) is 36.0 Å². The predicted octanol–water partition coefficient (Wildman–Crippen LogP) is 2.26. The van der Waals surface area contributed by atoms with Gasteiger partial charge in [0.25, 0.3) is 21.6 Å². The second-order valence-electron chi connectivity index (χ2n) is 8.20. The number of carbonyl (C=O) groups excluding carboxylic acids is 1. The zero-order valence-electron chi connectivity index (χ0n) is 18.9. The van der Waals surface area contributed by atoms with E-state index < -0.39 is 10.1 Å². The second kappa shape index (κ2) is 9.72. The first-order chi connectivity index (χ1) is 16.2. The first kappa shape index (κ1) is 24.2. The molecule has 1 fully saturated rings. The molecule has 0 saturated carbocycles. The molecule has 1 aliphatic rings. The van der Waals surface area contributed by atoms with Gasteiger partial charge in [0.15, 0.2) is 5.69 Å². The van der Waals surface area contributed by atoms with E-state index in [9.17, 15) is 18.0 Å². The highest BCUT2D eigenvalue weighted by Gasteiger charge is 2.28. The molecule has 34 heavy (non-hydrogen) atoms. The summed E-state index contributed by atoms with van der Waals surface area (Å²) in [5, 5.41) is 7.21. The van der Waals surface area contributed by atoms with Gasteiger partial charge >= 0.3 is 0 Å². The molecule has 1 aliphatic heterocycles. The van der Waals surface area contributed by atoms with Crippen molar-refractivity contribution in [1.29, 1.82) is 0 Å². The predicted molar refractivity (Wildman–Crippen MR) is 130 cm³/mol. The van der Waals surface area contributed by atoms with Gasteiger partial charge in [-0.05, 0) is 49.4 Å². The highest BCUT2D eigenvalue weighted by atomic mass is 32.2. The molecule has 0 atom stereocenters. The number of fused-ring (bicyclic) bond motifs is 1. The molecule has 1 saturated heterocycles. The number of amides is 1. The van der Waals surface area contributed by atoms with Crippen molar-refractivity contribution in [3.63, 3.8) is 0 Å². The zero-order valence-corrected chi connectivity index (χ0v) is 20.5. The van der Waals surface area contributed by atoms with Crippen LogP contribution in [0.1, 0.15) is 29.8 Å². The minimum Gasteiger partial charge on any atom is -0.497 e. The summed E-state index contributed by atoms with van der Waals surface area (Å²) in [6.45, 7) is 1.15. The van der Waals surface area contributed by atoms with Crippen molar-refractivity contribution in [2.45, 2.75) is 19.3 Å². The van der Waals surface area contributed by atoms with Crippen LogP contribution in [0.5, 0.6) is 5.75 Å². The average Bonchev–Trinajstić information content (AvgIpc) is 3.21. The van der Waals surface area contributed by atoms with E-state index in [2.05, 4.69) is 5.10 Å². The molecule has 3 heterocycles. The van der Waals surface area contributed by atoms with Crippen molar-refractivity contribution in [2.75, 3.05) is 38.8 Å². The monoisotopic (exact) mass is 506 g/mol. The number of carbonyl (C=O) groups is 1. The van der Waals surface area contributed by atoms with Gasteiger partial charge < -0.3 is 15.4 Å². The number of aromatic nitrogens is 2. The van der Waals surface area contributed by atoms with E-state index in [0.717, 1.165) is 19.1 Å². The van der Waals surface area contributed by atoms with Crippen molar-refractivity contribution in [3.8, 4) is 11.4 Å². The maximum Gasteiger partial charge on any atom is 0.282 e. The van der Waals surface area contributed by atoms with Crippen LogP contribution in [0.15, 0.2) is 34.4 Å². The maximum atomic E-state index is 13.5. The lowest BCUT2D eigenvalue weighted by Crippen LogP contribution is -2.40. The molecule has 0 aliphatic carbocycles. The Balaban J connectivity index is 1.58. The minimum atomic E-state index is -3.46. The van der Waals surface area contributed by atoms with E-state index in [1.54, 1.807) is 41.7 Å². The lowest BCUT2D eigenvalue weighted by atomic mass is 9.94. The van der Waals surface area contributed by atoms with Crippen LogP contribution in [-0.2, 0) is 14.3 Å². The largest absolute Gasteiger partial charge is 0.497 e. The fourth-order valence-electron chi connectivity index (χ4n) is 4.07. The Hall–Kier alpha value is -2.96. The Kier molecular flexibility index (Phi) is 6.91. The summed E-state index contributed by atoms with van der Waals surface area (Å²) in [6.07, 6.45) is 3.10. The number of anilines is 1. The molecule has 0 spiro atoms. The highest BCUT2D eigenvalue weighted by Crippen LogP contribution is 2.29. The molecule has 3 aromatic rings. The number of benzene rings is 1. The van der Waals surface area contributed by atoms with Gasteiger partial charge in [-0.15, -0.1) is 11.3 Å². The normalized spacial score (nSPS) is 15.1. The molecule has 2 N–H and O–H groups in total. The fourth-order valence-corrected chi connectivity index (χ4v) is 5.26. The number of methoxy groups -OCH3 is 1. The van der Waals surface area contributed by atoms with Crippen molar-refractivity contribution in [3.05, 3.63) is 45.7 Å². The Labute approximate surface area is 201 Å². The molecular weight excluding hydrogens is 480 g/mol. The summed E-state index contributed by atoms with van der Waals surface area (Å²) < 4.78 is 33.5. The Bertz CT molecular complexity index is 1360. The number of nitrogens with zero attached hydrogens (tertiary/aromatic N) is 3. The van der Waals surface area contributed by atoms with Crippen molar-refractivity contribution >= 4 is 43.1 Å². The summed E-state index contributed by atoms with van der Waals surface area (Å²) in [7, 11) is -1.90. The van der Waals surface area contributed by atoms with Crippen LogP contribution in [0.2, 0.25) is 0 Å². The fraction of sp³-hybridized carbons (Fsp3) is 0.409. The lowest BCUT2D eigenvalue weighted by Gasteiger charge is -2.31. The SMILES string of the molecule is COc1ccc(-n2nc(C(=O)N3CCC(CCOS(C)(=O)=O)CC3)c3csc(N)c3c2=O)cc1. The van der Waals surface area contributed by atoms with Crippen molar-refractivity contribution in [2.24, 2.45) is 5.92 Å². The van der Waals surface area contributed by atoms with Crippen LogP contribution in [0.25, 0.3) is 16.5 Å².